The molecular weight excluding hydrogens is 442 g/mol. The van der Waals surface area contributed by atoms with Crippen molar-refractivity contribution >= 4 is 33.7 Å². The van der Waals surface area contributed by atoms with E-state index in [0.717, 1.165) is 11.8 Å². The molecule has 3 amide bonds. The van der Waals surface area contributed by atoms with Gasteiger partial charge in [0.25, 0.3) is 5.22 Å². The number of sulfonamides is 1. The van der Waals surface area contributed by atoms with Crippen LogP contribution in [0.1, 0.15) is 27.7 Å². The summed E-state index contributed by atoms with van der Waals surface area (Å²) in [6.45, 7) is 8.62. The van der Waals surface area contributed by atoms with Crippen molar-refractivity contribution in [3.63, 3.8) is 0 Å². The lowest BCUT2D eigenvalue weighted by Crippen LogP contribution is -2.41. The van der Waals surface area contributed by atoms with E-state index in [4.69, 9.17) is 4.42 Å². The maximum atomic E-state index is 12.7. The van der Waals surface area contributed by atoms with Gasteiger partial charge < -0.3 is 9.73 Å². The van der Waals surface area contributed by atoms with E-state index >= 15 is 0 Å². The number of amides is 3. The molecule has 170 valence electrons. The molecule has 2 aromatic rings. The maximum Gasteiger partial charge on any atom is 0.321 e. The predicted octanol–water partition coefficient (Wildman–Crippen LogP) is 2.34. The third kappa shape index (κ3) is 7.04. The zero-order valence-corrected chi connectivity index (χ0v) is 19.5. The summed E-state index contributed by atoms with van der Waals surface area (Å²) in [7, 11) is -3.62. The van der Waals surface area contributed by atoms with Crippen LogP contribution in [0.2, 0.25) is 0 Å². The third-order valence-electron chi connectivity index (χ3n) is 4.08. The lowest BCUT2D eigenvalue weighted by Gasteiger charge is -2.18. The van der Waals surface area contributed by atoms with E-state index in [0.29, 0.717) is 25.2 Å². The monoisotopic (exact) mass is 469 g/mol. The number of aromatic nitrogens is 2. The van der Waals surface area contributed by atoms with Crippen molar-refractivity contribution in [2.45, 2.75) is 37.8 Å². The van der Waals surface area contributed by atoms with E-state index < -0.39 is 22.0 Å². The number of urea groups is 1. The summed E-state index contributed by atoms with van der Waals surface area (Å²) < 4.78 is 32.3. The lowest BCUT2D eigenvalue weighted by molar-refractivity contribution is -0.117. The molecule has 1 aromatic heterocycles. The van der Waals surface area contributed by atoms with Gasteiger partial charge in [-0.2, -0.15) is 4.31 Å². The summed E-state index contributed by atoms with van der Waals surface area (Å²) in [5, 5.41) is 12.7. The molecule has 0 bridgehead atoms. The van der Waals surface area contributed by atoms with Gasteiger partial charge in [0.2, 0.25) is 21.8 Å². The van der Waals surface area contributed by atoms with Crippen molar-refractivity contribution in [3.8, 4) is 11.5 Å². The molecule has 0 atom stereocenters. The summed E-state index contributed by atoms with van der Waals surface area (Å²) in [6.07, 6.45) is 0. The van der Waals surface area contributed by atoms with Gasteiger partial charge in [-0.1, -0.05) is 45.5 Å². The quantitative estimate of drug-likeness (QED) is 0.506. The molecule has 0 saturated heterocycles. The van der Waals surface area contributed by atoms with Crippen LogP contribution in [0.4, 0.5) is 4.79 Å². The highest BCUT2D eigenvalue weighted by Gasteiger charge is 2.22. The van der Waals surface area contributed by atoms with Gasteiger partial charge in [0.05, 0.1) is 10.6 Å². The molecule has 0 unspecified atom stereocenters. The topological polar surface area (TPSA) is 134 Å². The second-order valence-electron chi connectivity index (χ2n) is 6.93. The molecule has 0 fully saturated rings. The number of thioether (sulfide) groups is 1. The van der Waals surface area contributed by atoms with Crippen molar-refractivity contribution in [3.05, 3.63) is 24.3 Å². The second-order valence-corrected chi connectivity index (χ2v) is 9.80. The Bertz CT molecular complexity index is 1000. The maximum absolute atomic E-state index is 12.7. The van der Waals surface area contributed by atoms with Crippen LogP contribution >= 0.6 is 11.8 Å². The molecule has 2 N–H and O–H groups in total. The molecule has 0 aliphatic carbocycles. The predicted molar refractivity (Wildman–Crippen MR) is 117 cm³/mol. The Morgan fingerprint density at radius 3 is 2.55 bits per heavy atom. The zero-order chi connectivity index (χ0) is 23.0. The fourth-order valence-corrected chi connectivity index (χ4v) is 4.59. The minimum absolute atomic E-state index is 0.0902. The molecule has 0 saturated carbocycles. The van der Waals surface area contributed by atoms with Crippen LogP contribution in [0.25, 0.3) is 11.5 Å². The van der Waals surface area contributed by atoms with Crippen LogP contribution in [-0.4, -0.2) is 60.2 Å². The van der Waals surface area contributed by atoms with Crippen molar-refractivity contribution in [1.82, 2.24) is 25.1 Å². The summed E-state index contributed by atoms with van der Waals surface area (Å²) in [5.41, 5.74) is 0.449. The normalized spacial score (nSPS) is 11.7. The number of hydrogen-bond acceptors (Lipinski definition) is 8. The minimum atomic E-state index is -3.62. The molecule has 1 aromatic carbocycles. The third-order valence-corrected chi connectivity index (χ3v) is 6.95. The molecule has 2 rings (SSSR count). The first-order valence-electron chi connectivity index (χ1n) is 9.81. The van der Waals surface area contributed by atoms with Crippen molar-refractivity contribution in [2.24, 2.45) is 5.92 Å². The van der Waals surface area contributed by atoms with Gasteiger partial charge in [-0.15, -0.1) is 10.2 Å². The van der Waals surface area contributed by atoms with Gasteiger partial charge in [-0.25, -0.2) is 13.2 Å². The van der Waals surface area contributed by atoms with Crippen molar-refractivity contribution < 1.29 is 22.4 Å². The van der Waals surface area contributed by atoms with Gasteiger partial charge in [0.15, 0.2) is 0 Å². The van der Waals surface area contributed by atoms with Crippen LogP contribution < -0.4 is 10.6 Å². The highest BCUT2D eigenvalue weighted by Crippen LogP contribution is 2.26. The van der Waals surface area contributed by atoms with Crippen LogP contribution in [0.5, 0.6) is 0 Å². The van der Waals surface area contributed by atoms with Crippen molar-refractivity contribution in [2.75, 3.05) is 25.4 Å². The van der Waals surface area contributed by atoms with Crippen molar-refractivity contribution in [1.29, 1.82) is 0 Å². The molecule has 1 heterocycles. The molecule has 0 aliphatic heterocycles. The molecular formula is C19H27N5O5S2. The van der Waals surface area contributed by atoms with Gasteiger partial charge >= 0.3 is 6.03 Å². The van der Waals surface area contributed by atoms with Gasteiger partial charge in [0.1, 0.15) is 0 Å². The van der Waals surface area contributed by atoms with E-state index in [9.17, 15) is 18.0 Å². The summed E-state index contributed by atoms with van der Waals surface area (Å²) >= 11 is 0.973. The number of hydrogen-bond donors (Lipinski definition) is 2. The summed E-state index contributed by atoms with van der Waals surface area (Å²) in [4.78, 5) is 23.6. The molecule has 0 spiro atoms. The molecule has 31 heavy (non-hydrogen) atoms. The first kappa shape index (κ1) is 24.8. The summed E-state index contributed by atoms with van der Waals surface area (Å²) in [5.74, 6) is -0.187. The van der Waals surface area contributed by atoms with E-state index in [2.05, 4.69) is 20.8 Å². The first-order chi connectivity index (χ1) is 14.7. The standard InChI is InChI=1S/C19H27N5O5S2/c1-5-24(6-2)31(27,28)15-9-7-8-14(10-15)17-22-23-19(29-17)30-12-16(25)21-18(26)20-11-13(3)4/h7-10,13H,5-6,11-12H2,1-4H3,(H2,20,21,25,26). The zero-order valence-electron chi connectivity index (χ0n) is 17.9. The van der Waals surface area contributed by atoms with Crippen LogP contribution in [0.3, 0.4) is 0 Å². The van der Waals surface area contributed by atoms with Gasteiger partial charge in [-0.3, -0.25) is 10.1 Å². The Morgan fingerprint density at radius 1 is 1.19 bits per heavy atom. The average molecular weight is 470 g/mol. The smallest absolute Gasteiger partial charge is 0.321 e. The molecule has 0 aliphatic rings. The fourth-order valence-electron chi connectivity index (χ4n) is 2.52. The number of carbonyl (C=O) groups excluding carboxylic acids is 2. The molecule has 12 heteroatoms. The number of nitrogens with zero attached hydrogens (tertiary/aromatic N) is 3. The Labute approximate surface area is 186 Å². The van der Waals surface area contributed by atoms with Crippen LogP contribution in [0, 0.1) is 5.92 Å². The SMILES string of the molecule is CCN(CC)S(=O)(=O)c1cccc(-c2nnc(SCC(=O)NC(=O)NCC(C)C)o2)c1. The largest absolute Gasteiger partial charge is 0.411 e. The Morgan fingerprint density at radius 2 is 1.90 bits per heavy atom. The van der Waals surface area contributed by atoms with E-state index in [1.54, 1.807) is 26.0 Å². The fraction of sp³-hybridized carbons (Fsp3) is 0.474. The summed E-state index contributed by atoms with van der Waals surface area (Å²) in [6, 6.07) is 5.69. The molecule has 0 radical (unpaired) electrons. The number of nitrogens with one attached hydrogen (secondary N) is 2. The number of carbonyl (C=O) groups is 2. The van der Waals surface area contributed by atoms with E-state index in [-0.39, 0.29) is 27.7 Å². The molecule has 10 nitrogen and oxygen atoms in total. The number of rotatable bonds is 10. The second kappa shape index (κ2) is 11.3. The highest BCUT2D eigenvalue weighted by molar-refractivity contribution is 7.99. The Kier molecular flexibility index (Phi) is 9.01. The van der Waals surface area contributed by atoms with Crippen LogP contribution in [-0.2, 0) is 14.8 Å². The number of benzene rings is 1. The Hall–Kier alpha value is -2.44. The van der Waals surface area contributed by atoms with Gasteiger partial charge in [0, 0.05) is 25.2 Å². The van der Waals surface area contributed by atoms with Gasteiger partial charge in [-0.05, 0) is 24.1 Å². The van der Waals surface area contributed by atoms with Crippen LogP contribution in [0.15, 0.2) is 38.8 Å². The average Bonchev–Trinajstić information content (AvgIpc) is 3.21. The first-order valence-corrected chi connectivity index (χ1v) is 12.2. The van der Waals surface area contributed by atoms with E-state index in [1.807, 2.05) is 13.8 Å². The van der Waals surface area contributed by atoms with E-state index in [1.165, 1.54) is 16.4 Å². The highest BCUT2D eigenvalue weighted by atomic mass is 32.2. The lowest BCUT2D eigenvalue weighted by atomic mass is 10.2. The minimum Gasteiger partial charge on any atom is -0.411 e. The Balaban J connectivity index is 2.02. The number of imide groups is 1.